The van der Waals surface area contributed by atoms with Gasteiger partial charge in [0.05, 0.1) is 0 Å². The van der Waals surface area contributed by atoms with Gasteiger partial charge in [-0.05, 0) is 30.5 Å². The molecule has 2 aromatic rings. The van der Waals surface area contributed by atoms with Crippen molar-refractivity contribution in [3.8, 4) is 5.75 Å². The Morgan fingerprint density at radius 3 is 2.38 bits per heavy atom. The van der Waals surface area contributed by atoms with Crippen molar-refractivity contribution in [3.63, 3.8) is 0 Å². The lowest BCUT2D eigenvalue weighted by Crippen LogP contribution is -2.21. The molecule has 0 radical (unpaired) electrons. The average Bonchev–Trinajstić information content (AvgIpc) is 2.81. The van der Waals surface area contributed by atoms with Gasteiger partial charge in [-0.2, -0.15) is 4.98 Å². The van der Waals surface area contributed by atoms with Gasteiger partial charge in [0.15, 0.2) is 6.61 Å². The predicted molar refractivity (Wildman–Crippen MR) is 81.3 cm³/mol. The zero-order chi connectivity index (χ0) is 15.4. The molecule has 1 N–H and O–H groups in total. The van der Waals surface area contributed by atoms with Gasteiger partial charge in [0.1, 0.15) is 5.75 Å². The predicted octanol–water partition coefficient (Wildman–Crippen LogP) is 3.07. The third kappa shape index (κ3) is 4.29. The second kappa shape index (κ2) is 6.72. The monoisotopic (exact) mass is 289 g/mol. The van der Waals surface area contributed by atoms with Crippen molar-refractivity contribution in [2.75, 3.05) is 0 Å². The lowest BCUT2D eigenvalue weighted by Gasteiger charge is -2.14. The highest BCUT2D eigenvalue weighted by Crippen LogP contribution is 2.25. The van der Waals surface area contributed by atoms with Crippen LogP contribution in [0.3, 0.4) is 0 Å². The minimum absolute atomic E-state index is 0.322. The molecule has 1 aromatic carbocycles. The van der Waals surface area contributed by atoms with Crippen LogP contribution in [0.25, 0.3) is 0 Å². The molecule has 5 nitrogen and oxygen atoms in total. The van der Waals surface area contributed by atoms with Gasteiger partial charge in [-0.3, -0.25) is 0 Å². The Morgan fingerprint density at radius 2 is 1.86 bits per heavy atom. The first-order valence-corrected chi connectivity index (χ1v) is 7.21. The molecule has 0 saturated heterocycles. The minimum Gasteiger partial charge on any atom is -0.485 e. The Hall–Kier alpha value is -1.88. The molecule has 0 aliphatic heterocycles. The average molecular weight is 289 g/mol. The van der Waals surface area contributed by atoms with Crippen LogP contribution in [0.15, 0.2) is 16.7 Å². The van der Waals surface area contributed by atoms with Crippen molar-refractivity contribution in [1.82, 2.24) is 15.5 Å². The number of nitrogens with zero attached hydrogens (tertiary/aromatic N) is 2. The van der Waals surface area contributed by atoms with Gasteiger partial charge in [0, 0.05) is 19.5 Å². The summed E-state index contributed by atoms with van der Waals surface area (Å²) in [6.07, 6.45) is 0. The fraction of sp³-hybridized carbons (Fsp3) is 0.500. The molecular formula is C16H23N3O2. The van der Waals surface area contributed by atoms with E-state index in [1.165, 1.54) is 5.56 Å². The zero-order valence-corrected chi connectivity index (χ0v) is 13.4. The van der Waals surface area contributed by atoms with E-state index in [4.69, 9.17) is 9.26 Å². The Labute approximate surface area is 125 Å². The molecule has 2 rings (SSSR count). The maximum atomic E-state index is 5.84. The fourth-order valence-electron chi connectivity index (χ4n) is 2.23. The summed E-state index contributed by atoms with van der Waals surface area (Å²) in [6.45, 7) is 11.4. The van der Waals surface area contributed by atoms with Gasteiger partial charge in [-0.25, -0.2) is 0 Å². The molecule has 5 heteroatoms. The minimum atomic E-state index is 0.322. The van der Waals surface area contributed by atoms with Crippen LogP contribution in [0.2, 0.25) is 0 Å². The normalized spacial score (nSPS) is 11.1. The van der Waals surface area contributed by atoms with Crippen LogP contribution in [0.1, 0.15) is 42.3 Å². The van der Waals surface area contributed by atoms with Crippen LogP contribution in [0.5, 0.6) is 5.75 Å². The van der Waals surface area contributed by atoms with Crippen molar-refractivity contribution < 1.29 is 9.26 Å². The Balaban J connectivity index is 2.06. The van der Waals surface area contributed by atoms with Gasteiger partial charge in [0.2, 0.25) is 11.7 Å². The lowest BCUT2D eigenvalue weighted by molar-refractivity contribution is 0.282. The number of benzene rings is 1. The van der Waals surface area contributed by atoms with Gasteiger partial charge < -0.3 is 14.6 Å². The Bertz CT molecular complexity index is 582. The van der Waals surface area contributed by atoms with Crippen LogP contribution < -0.4 is 10.1 Å². The highest BCUT2D eigenvalue weighted by atomic mass is 16.5. The van der Waals surface area contributed by atoms with E-state index in [1.54, 1.807) is 6.92 Å². The van der Waals surface area contributed by atoms with E-state index in [9.17, 15) is 0 Å². The summed E-state index contributed by atoms with van der Waals surface area (Å²) in [5.41, 5.74) is 3.51. The lowest BCUT2D eigenvalue weighted by atomic mass is 10.1. The maximum Gasteiger partial charge on any atom is 0.223 e. The van der Waals surface area contributed by atoms with E-state index in [0.717, 1.165) is 23.4 Å². The van der Waals surface area contributed by atoms with E-state index < -0.39 is 0 Å². The topological polar surface area (TPSA) is 60.2 Å². The highest BCUT2D eigenvalue weighted by molar-refractivity contribution is 5.43. The van der Waals surface area contributed by atoms with Crippen molar-refractivity contribution in [3.05, 3.63) is 40.5 Å². The molecule has 0 amide bonds. The Morgan fingerprint density at radius 1 is 1.19 bits per heavy atom. The Kier molecular flexibility index (Phi) is 4.96. The van der Waals surface area contributed by atoms with Crippen molar-refractivity contribution in [1.29, 1.82) is 0 Å². The summed E-state index contributed by atoms with van der Waals surface area (Å²) < 4.78 is 10.8. The third-order valence-corrected chi connectivity index (χ3v) is 3.15. The second-order valence-electron chi connectivity index (χ2n) is 5.61. The SMILES string of the molecule is Cc1nc(COc2c(C)cc(CNC(C)C)cc2C)no1. The second-order valence-corrected chi connectivity index (χ2v) is 5.61. The number of hydrogen-bond acceptors (Lipinski definition) is 5. The molecule has 0 unspecified atom stereocenters. The van der Waals surface area contributed by atoms with Crippen LogP contribution in [0.4, 0.5) is 0 Å². The first-order valence-electron chi connectivity index (χ1n) is 7.21. The molecule has 0 spiro atoms. The molecule has 0 aliphatic rings. The first-order chi connectivity index (χ1) is 9.95. The zero-order valence-electron chi connectivity index (χ0n) is 13.4. The molecule has 0 saturated carbocycles. The fourth-order valence-corrected chi connectivity index (χ4v) is 2.23. The highest BCUT2D eigenvalue weighted by Gasteiger charge is 2.09. The molecule has 1 aromatic heterocycles. The maximum absolute atomic E-state index is 5.84. The number of nitrogens with one attached hydrogen (secondary N) is 1. The number of hydrogen-bond donors (Lipinski definition) is 1. The van der Waals surface area contributed by atoms with E-state index in [-0.39, 0.29) is 0 Å². The van der Waals surface area contributed by atoms with Crippen molar-refractivity contribution in [2.45, 2.75) is 53.8 Å². The smallest absolute Gasteiger partial charge is 0.223 e. The summed E-state index contributed by atoms with van der Waals surface area (Å²) in [5, 5.41) is 7.26. The molecule has 21 heavy (non-hydrogen) atoms. The van der Waals surface area contributed by atoms with Gasteiger partial charge in [-0.1, -0.05) is 31.1 Å². The first kappa shape index (κ1) is 15.5. The summed E-state index contributed by atoms with van der Waals surface area (Å²) in [6, 6.07) is 4.78. The van der Waals surface area contributed by atoms with E-state index in [2.05, 4.69) is 55.3 Å². The number of ether oxygens (including phenoxy) is 1. The third-order valence-electron chi connectivity index (χ3n) is 3.15. The number of aromatic nitrogens is 2. The molecule has 0 bridgehead atoms. The quantitative estimate of drug-likeness (QED) is 0.885. The van der Waals surface area contributed by atoms with Crippen LogP contribution in [-0.2, 0) is 13.2 Å². The van der Waals surface area contributed by atoms with Crippen LogP contribution in [-0.4, -0.2) is 16.2 Å². The summed E-state index contributed by atoms with van der Waals surface area (Å²) >= 11 is 0. The van der Waals surface area contributed by atoms with E-state index in [1.807, 2.05) is 0 Å². The molecule has 114 valence electrons. The van der Waals surface area contributed by atoms with E-state index in [0.29, 0.717) is 24.4 Å². The van der Waals surface area contributed by atoms with Crippen LogP contribution >= 0.6 is 0 Å². The summed E-state index contributed by atoms with van der Waals surface area (Å²) in [4.78, 5) is 4.14. The summed E-state index contributed by atoms with van der Waals surface area (Å²) in [7, 11) is 0. The standard InChI is InChI=1S/C16H23N3O2/c1-10(2)17-8-14-6-11(3)16(12(4)7-14)20-9-15-18-13(5)21-19-15/h6-7,10,17H,8-9H2,1-5H3. The van der Waals surface area contributed by atoms with Crippen LogP contribution in [0, 0.1) is 20.8 Å². The molecule has 0 atom stereocenters. The summed E-state index contributed by atoms with van der Waals surface area (Å²) in [5.74, 6) is 2.01. The van der Waals surface area contributed by atoms with Crippen molar-refractivity contribution >= 4 is 0 Å². The van der Waals surface area contributed by atoms with Crippen molar-refractivity contribution in [2.24, 2.45) is 0 Å². The molecule has 1 heterocycles. The number of rotatable bonds is 6. The van der Waals surface area contributed by atoms with Gasteiger partial charge >= 0.3 is 0 Å². The number of aryl methyl sites for hydroxylation is 3. The molecule has 0 fully saturated rings. The molecular weight excluding hydrogens is 266 g/mol. The largest absolute Gasteiger partial charge is 0.485 e. The van der Waals surface area contributed by atoms with Gasteiger partial charge in [0.25, 0.3) is 0 Å². The molecule has 0 aliphatic carbocycles. The van der Waals surface area contributed by atoms with E-state index >= 15 is 0 Å². The van der Waals surface area contributed by atoms with Gasteiger partial charge in [-0.15, -0.1) is 0 Å².